The summed E-state index contributed by atoms with van der Waals surface area (Å²) in [5.41, 5.74) is 7.47. The van der Waals surface area contributed by atoms with Crippen LogP contribution in [0.15, 0.2) is 18.2 Å². The van der Waals surface area contributed by atoms with E-state index in [-0.39, 0.29) is 5.84 Å². The number of nitrogen functional groups attached to an aromatic ring is 1. The Hall–Kier alpha value is -1.36. The Morgan fingerprint density at radius 3 is 2.94 bits per heavy atom. The predicted molar refractivity (Wildman–Crippen MR) is 78.2 cm³/mol. The van der Waals surface area contributed by atoms with Gasteiger partial charge in [0.2, 0.25) is 0 Å². The third-order valence-electron chi connectivity index (χ3n) is 3.06. The van der Waals surface area contributed by atoms with Gasteiger partial charge in [-0.1, -0.05) is 0 Å². The molecule has 0 aromatic heterocycles. The van der Waals surface area contributed by atoms with Crippen LogP contribution in [0.2, 0.25) is 0 Å². The van der Waals surface area contributed by atoms with Crippen molar-refractivity contribution in [2.45, 2.75) is 6.42 Å². The summed E-state index contributed by atoms with van der Waals surface area (Å²) >= 11 is 1.98. The summed E-state index contributed by atoms with van der Waals surface area (Å²) in [6.07, 6.45) is 1.17. The topological polar surface area (TPSA) is 62.3 Å². The maximum Gasteiger partial charge on any atom is 0.124 e. The van der Waals surface area contributed by atoms with Gasteiger partial charge >= 0.3 is 0 Å². The van der Waals surface area contributed by atoms with Crippen molar-refractivity contribution in [3.63, 3.8) is 0 Å². The molecule has 1 aromatic carbocycles. The Labute approximate surface area is 112 Å². The van der Waals surface area contributed by atoms with Gasteiger partial charge in [0.05, 0.1) is 12.8 Å². The predicted octanol–water partition coefficient (Wildman–Crippen LogP) is 1.92. The van der Waals surface area contributed by atoms with Gasteiger partial charge in [0, 0.05) is 30.5 Å². The maximum atomic E-state index is 7.68. The van der Waals surface area contributed by atoms with Crippen molar-refractivity contribution < 1.29 is 4.74 Å². The average Bonchev–Trinajstić information content (AvgIpc) is 2.66. The minimum absolute atomic E-state index is 0.115. The summed E-state index contributed by atoms with van der Waals surface area (Å²) in [5.74, 6) is 3.25. The first-order valence-corrected chi connectivity index (χ1v) is 7.23. The summed E-state index contributed by atoms with van der Waals surface area (Å²) in [6.45, 7) is 2.01. The van der Waals surface area contributed by atoms with Gasteiger partial charge in [-0.15, -0.1) is 0 Å². The number of amidine groups is 1. The van der Waals surface area contributed by atoms with Crippen molar-refractivity contribution >= 4 is 23.3 Å². The lowest BCUT2D eigenvalue weighted by Gasteiger charge is -2.25. The van der Waals surface area contributed by atoms with Gasteiger partial charge < -0.3 is 15.4 Å². The molecule has 0 atom stereocenters. The fourth-order valence-electron chi connectivity index (χ4n) is 2.11. The van der Waals surface area contributed by atoms with Crippen LogP contribution in [0.1, 0.15) is 12.0 Å². The quantitative estimate of drug-likeness (QED) is 0.647. The number of hydrogen-bond donors (Lipinski definition) is 2. The number of ether oxygens (including phenoxy) is 1. The zero-order valence-corrected chi connectivity index (χ0v) is 11.4. The molecule has 0 bridgehead atoms. The van der Waals surface area contributed by atoms with E-state index in [1.165, 1.54) is 12.2 Å². The molecular weight excluding hydrogens is 246 g/mol. The number of nitrogens with zero attached hydrogens (tertiary/aromatic N) is 1. The molecule has 1 fully saturated rings. The van der Waals surface area contributed by atoms with E-state index in [9.17, 15) is 0 Å². The highest BCUT2D eigenvalue weighted by atomic mass is 32.2. The summed E-state index contributed by atoms with van der Waals surface area (Å²) in [6, 6.07) is 5.70. The van der Waals surface area contributed by atoms with Crippen molar-refractivity contribution in [3.05, 3.63) is 23.8 Å². The van der Waals surface area contributed by atoms with Crippen LogP contribution in [-0.4, -0.2) is 37.5 Å². The lowest BCUT2D eigenvalue weighted by atomic mass is 10.1. The smallest absolute Gasteiger partial charge is 0.124 e. The second-order valence-electron chi connectivity index (χ2n) is 4.25. The molecule has 1 aliphatic rings. The van der Waals surface area contributed by atoms with Crippen LogP contribution in [-0.2, 0) is 0 Å². The second-order valence-corrected chi connectivity index (χ2v) is 5.47. The normalized spacial score (nSPS) is 16.2. The summed E-state index contributed by atoms with van der Waals surface area (Å²) in [4.78, 5) is 2.30. The van der Waals surface area contributed by atoms with Crippen LogP contribution in [0.3, 0.4) is 0 Å². The highest BCUT2D eigenvalue weighted by Crippen LogP contribution is 2.27. The van der Waals surface area contributed by atoms with Crippen LogP contribution < -0.4 is 15.4 Å². The molecule has 1 saturated heterocycles. The van der Waals surface area contributed by atoms with Crippen molar-refractivity contribution in [2.24, 2.45) is 5.73 Å². The first-order chi connectivity index (χ1) is 8.72. The van der Waals surface area contributed by atoms with Crippen LogP contribution in [0.25, 0.3) is 0 Å². The van der Waals surface area contributed by atoms with Gasteiger partial charge in [0.25, 0.3) is 0 Å². The summed E-state index contributed by atoms with van der Waals surface area (Å²) in [7, 11) is 1.66. The lowest BCUT2D eigenvalue weighted by Crippen LogP contribution is -2.28. The maximum absolute atomic E-state index is 7.68. The van der Waals surface area contributed by atoms with Crippen LogP contribution in [0, 0.1) is 5.41 Å². The Kier molecular flexibility index (Phi) is 4.36. The van der Waals surface area contributed by atoms with Crippen molar-refractivity contribution in [2.75, 3.05) is 36.6 Å². The van der Waals surface area contributed by atoms with Crippen LogP contribution in [0.4, 0.5) is 5.69 Å². The molecule has 0 amide bonds. The number of methoxy groups -OCH3 is 1. The third-order valence-corrected chi connectivity index (χ3v) is 4.11. The number of nitrogens with one attached hydrogen (secondary N) is 1. The number of benzene rings is 1. The summed E-state index contributed by atoms with van der Waals surface area (Å²) in [5, 5.41) is 7.68. The molecule has 0 aliphatic carbocycles. The van der Waals surface area contributed by atoms with Crippen molar-refractivity contribution in [1.29, 1.82) is 5.41 Å². The average molecular weight is 265 g/mol. The molecule has 2 rings (SSSR count). The second kappa shape index (κ2) is 6.00. The fourth-order valence-corrected chi connectivity index (χ4v) is 3.00. The molecule has 0 saturated carbocycles. The molecule has 4 nitrogen and oxygen atoms in total. The highest BCUT2D eigenvalue weighted by molar-refractivity contribution is 7.99. The van der Waals surface area contributed by atoms with Gasteiger partial charge in [0.1, 0.15) is 11.6 Å². The minimum Gasteiger partial charge on any atom is -0.497 e. The highest BCUT2D eigenvalue weighted by Gasteiger charge is 2.16. The zero-order valence-electron chi connectivity index (χ0n) is 10.6. The number of thioether (sulfide) groups is 1. The zero-order chi connectivity index (χ0) is 13.0. The van der Waals surface area contributed by atoms with Gasteiger partial charge in [-0.2, -0.15) is 11.8 Å². The molecule has 18 heavy (non-hydrogen) atoms. The van der Waals surface area contributed by atoms with Crippen LogP contribution in [0.5, 0.6) is 5.75 Å². The molecule has 98 valence electrons. The molecule has 3 N–H and O–H groups in total. The molecule has 0 spiro atoms. The van der Waals surface area contributed by atoms with Crippen LogP contribution >= 0.6 is 11.8 Å². The lowest BCUT2D eigenvalue weighted by molar-refractivity contribution is 0.414. The molecule has 0 unspecified atom stereocenters. The Morgan fingerprint density at radius 1 is 1.39 bits per heavy atom. The van der Waals surface area contributed by atoms with E-state index in [1.54, 1.807) is 7.11 Å². The van der Waals surface area contributed by atoms with E-state index in [1.807, 2.05) is 30.0 Å². The number of anilines is 1. The van der Waals surface area contributed by atoms with E-state index in [2.05, 4.69) is 4.90 Å². The Balaban J connectivity index is 2.35. The van der Waals surface area contributed by atoms with E-state index in [0.717, 1.165) is 35.8 Å². The summed E-state index contributed by atoms with van der Waals surface area (Å²) < 4.78 is 5.27. The van der Waals surface area contributed by atoms with E-state index in [4.69, 9.17) is 15.9 Å². The minimum atomic E-state index is 0.115. The van der Waals surface area contributed by atoms with Crippen molar-refractivity contribution in [3.8, 4) is 5.75 Å². The number of hydrogen-bond acceptors (Lipinski definition) is 4. The molecule has 1 aromatic rings. The molecule has 1 aliphatic heterocycles. The molecule has 0 radical (unpaired) electrons. The first-order valence-electron chi connectivity index (χ1n) is 6.07. The van der Waals surface area contributed by atoms with E-state index < -0.39 is 0 Å². The Bertz CT molecular complexity index is 428. The SMILES string of the molecule is COc1ccc(C(=N)N)c(N2CCCSCC2)c1. The molecule has 1 heterocycles. The van der Waals surface area contributed by atoms with Gasteiger partial charge in [0.15, 0.2) is 0 Å². The van der Waals surface area contributed by atoms with Gasteiger partial charge in [-0.05, 0) is 24.3 Å². The fraction of sp³-hybridized carbons (Fsp3) is 0.462. The molecular formula is C13H19N3OS. The largest absolute Gasteiger partial charge is 0.497 e. The molecule has 5 heteroatoms. The van der Waals surface area contributed by atoms with Crippen molar-refractivity contribution in [1.82, 2.24) is 0 Å². The number of nitrogens with two attached hydrogens (primary N) is 1. The Morgan fingerprint density at radius 2 is 2.22 bits per heavy atom. The monoisotopic (exact) mass is 265 g/mol. The van der Waals surface area contributed by atoms with E-state index in [0.29, 0.717) is 0 Å². The first kappa shape index (κ1) is 13.1. The third kappa shape index (κ3) is 2.90. The standard InChI is InChI=1S/C13H19N3OS/c1-17-10-3-4-11(13(14)15)12(9-10)16-5-2-7-18-8-6-16/h3-4,9H,2,5-8H2,1H3,(H3,14,15). The van der Waals surface area contributed by atoms with E-state index >= 15 is 0 Å². The number of rotatable bonds is 3. The van der Waals surface area contributed by atoms with Gasteiger partial charge in [-0.25, -0.2) is 0 Å². The van der Waals surface area contributed by atoms with Gasteiger partial charge in [-0.3, -0.25) is 5.41 Å².